The van der Waals surface area contributed by atoms with Gasteiger partial charge >= 0.3 is 5.97 Å². The van der Waals surface area contributed by atoms with Gasteiger partial charge in [0.2, 0.25) is 0 Å². The van der Waals surface area contributed by atoms with Crippen molar-refractivity contribution in [3.63, 3.8) is 0 Å². The maximum Gasteiger partial charge on any atom is 0.348 e. The van der Waals surface area contributed by atoms with Crippen LogP contribution in [0.15, 0.2) is 54.2 Å². The van der Waals surface area contributed by atoms with Crippen LogP contribution in [0.4, 0.5) is 0 Å². The Balaban J connectivity index is 2.04. The number of nitriles is 1. The molecule has 27 heavy (non-hydrogen) atoms. The number of carbonyl (C=O) groups excluding carboxylic acids is 1. The predicted molar refractivity (Wildman–Crippen MR) is 108 cm³/mol. The molecule has 4 nitrogen and oxygen atoms in total. The van der Waals surface area contributed by atoms with Gasteiger partial charge in [0.05, 0.1) is 16.7 Å². The molecule has 0 unspecified atom stereocenters. The molecule has 0 saturated carbocycles. The minimum absolute atomic E-state index is 0.0331. The molecular weight excluding hydrogens is 383 g/mol. The molecule has 0 N–H and O–H groups in total. The van der Waals surface area contributed by atoms with Gasteiger partial charge in [0.1, 0.15) is 11.6 Å². The van der Waals surface area contributed by atoms with E-state index in [1.165, 1.54) is 0 Å². The van der Waals surface area contributed by atoms with Crippen LogP contribution in [0.5, 0.6) is 0 Å². The first-order chi connectivity index (χ1) is 13.0. The van der Waals surface area contributed by atoms with E-state index in [9.17, 15) is 10.1 Å². The van der Waals surface area contributed by atoms with Crippen LogP contribution in [-0.4, -0.2) is 17.1 Å². The minimum Gasteiger partial charge on any atom is -0.462 e. The van der Waals surface area contributed by atoms with Crippen LogP contribution in [-0.2, 0) is 16.1 Å². The second-order valence-electron chi connectivity index (χ2n) is 5.87. The Morgan fingerprint density at radius 2 is 2.00 bits per heavy atom. The SMILES string of the molecule is CCOC(=O)/C(C#N)=C/c1cn(Cc2ccc(Cl)c(Cl)c2)c2ccccc12. The molecule has 0 aliphatic heterocycles. The lowest BCUT2D eigenvalue weighted by atomic mass is 10.1. The first-order valence-electron chi connectivity index (χ1n) is 8.34. The van der Waals surface area contributed by atoms with Crippen molar-refractivity contribution >= 4 is 46.2 Å². The number of rotatable bonds is 5. The fourth-order valence-corrected chi connectivity index (χ4v) is 3.18. The molecule has 0 aliphatic rings. The number of carbonyl (C=O) groups is 1. The molecule has 2 aromatic carbocycles. The highest BCUT2D eigenvalue weighted by atomic mass is 35.5. The average molecular weight is 399 g/mol. The largest absolute Gasteiger partial charge is 0.462 e. The Morgan fingerprint density at radius 3 is 2.70 bits per heavy atom. The predicted octanol–water partition coefficient (Wildman–Crippen LogP) is 5.47. The second kappa shape index (κ2) is 8.30. The molecule has 3 aromatic rings. The van der Waals surface area contributed by atoms with E-state index < -0.39 is 5.97 Å². The number of nitrogens with zero attached hydrogens (tertiary/aromatic N) is 2. The maximum absolute atomic E-state index is 11.9. The zero-order valence-electron chi connectivity index (χ0n) is 14.6. The van der Waals surface area contributed by atoms with Gasteiger partial charge in [-0.15, -0.1) is 0 Å². The highest BCUT2D eigenvalue weighted by Crippen LogP contribution is 2.27. The van der Waals surface area contributed by atoms with E-state index in [1.807, 2.05) is 53.2 Å². The van der Waals surface area contributed by atoms with Crippen LogP contribution in [0, 0.1) is 11.3 Å². The highest BCUT2D eigenvalue weighted by Gasteiger charge is 2.13. The smallest absolute Gasteiger partial charge is 0.348 e. The van der Waals surface area contributed by atoms with Crippen LogP contribution >= 0.6 is 23.2 Å². The van der Waals surface area contributed by atoms with E-state index in [4.69, 9.17) is 27.9 Å². The zero-order chi connectivity index (χ0) is 19.4. The summed E-state index contributed by atoms with van der Waals surface area (Å²) in [5.74, 6) is -0.624. The third-order valence-electron chi connectivity index (χ3n) is 4.07. The van der Waals surface area contributed by atoms with Gasteiger partial charge in [0, 0.05) is 29.2 Å². The lowest BCUT2D eigenvalue weighted by Gasteiger charge is -2.06. The van der Waals surface area contributed by atoms with Gasteiger partial charge in [0.25, 0.3) is 0 Å². The summed E-state index contributed by atoms with van der Waals surface area (Å²) in [7, 11) is 0. The van der Waals surface area contributed by atoms with E-state index in [-0.39, 0.29) is 12.2 Å². The Morgan fingerprint density at radius 1 is 1.22 bits per heavy atom. The van der Waals surface area contributed by atoms with Crippen LogP contribution < -0.4 is 0 Å². The molecule has 0 bridgehead atoms. The first-order valence-corrected chi connectivity index (χ1v) is 9.09. The standard InChI is InChI=1S/C21H16Cl2N2O2/c1-2-27-21(26)15(11-24)10-16-13-25(20-6-4-3-5-17(16)20)12-14-7-8-18(22)19(23)9-14/h3-10,13H,2,12H2,1H3/b15-10+. The van der Waals surface area contributed by atoms with Crippen molar-refractivity contribution in [1.82, 2.24) is 4.57 Å². The number of fused-ring (bicyclic) bond motifs is 1. The minimum atomic E-state index is -0.624. The van der Waals surface area contributed by atoms with Gasteiger partial charge in [-0.25, -0.2) is 4.79 Å². The topological polar surface area (TPSA) is 55.0 Å². The van der Waals surface area contributed by atoms with Crippen LogP contribution in [0.25, 0.3) is 17.0 Å². The molecule has 0 radical (unpaired) electrons. The number of para-hydroxylation sites is 1. The average Bonchev–Trinajstić information content (AvgIpc) is 3.00. The number of esters is 1. The summed E-state index contributed by atoms with van der Waals surface area (Å²) < 4.78 is 6.98. The molecule has 1 aromatic heterocycles. The number of hydrogen-bond donors (Lipinski definition) is 0. The van der Waals surface area contributed by atoms with Crippen molar-refractivity contribution in [2.24, 2.45) is 0 Å². The normalized spacial score (nSPS) is 11.4. The molecule has 0 saturated heterocycles. The molecule has 0 aliphatic carbocycles. The summed E-state index contributed by atoms with van der Waals surface area (Å²) in [5, 5.41) is 11.3. The van der Waals surface area contributed by atoms with Gasteiger partial charge < -0.3 is 9.30 Å². The summed E-state index contributed by atoms with van der Waals surface area (Å²) in [6.45, 7) is 2.50. The summed E-state index contributed by atoms with van der Waals surface area (Å²) in [4.78, 5) is 11.9. The summed E-state index contributed by atoms with van der Waals surface area (Å²) in [6, 6.07) is 15.2. The monoisotopic (exact) mass is 398 g/mol. The maximum atomic E-state index is 11.9. The molecule has 3 rings (SSSR count). The summed E-state index contributed by atoms with van der Waals surface area (Å²) in [6.07, 6.45) is 3.47. The number of ether oxygens (including phenoxy) is 1. The highest BCUT2D eigenvalue weighted by molar-refractivity contribution is 6.42. The molecule has 0 spiro atoms. The van der Waals surface area contributed by atoms with Crippen molar-refractivity contribution in [2.75, 3.05) is 6.61 Å². The van der Waals surface area contributed by atoms with Crippen molar-refractivity contribution in [3.8, 4) is 6.07 Å². The third-order valence-corrected chi connectivity index (χ3v) is 4.81. The van der Waals surface area contributed by atoms with Gasteiger partial charge in [-0.05, 0) is 36.8 Å². The Bertz CT molecular complexity index is 1080. The van der Waals surface area contributed by atoms with Gasteiger partial charge in [-0.2, -0.15) is 5.26 Å². The molecule has 6 heteroatoms. The third kappa shape index (κ3) is 4.16. The van der Waals surface area contributed by atoms with Crippen molar-refractivity contribution in [3.05, 3.63) is 75.4 Å². The molecule has 0 atom stereocenters. The van der Waals surface area contributed by atoms with Gasteiger partial charge in [0.15, 0.2) is 0 Å². The lowest BCUT2D eigenvalue weighted by molar-refractivity contribution is -0.137. The lowest BCUT2D eigenvalue weighted by Crippen LogP contribution is -2.05. The van der Waals surface area contributed by atoms with Crippen molar-refractivity contribution in [1.29, 1.82) is 5.26 Å². The van der Waals surface area contributed by atoms with Crippen LogP contribution in [0.2, 0.25) is 10.0 Å². The molecule has 1 heterocycles. The molecule has 0 amide bonds. The van der Waals surface area contributed by atoms with Crippen molar-refractivity contribution in [2.45, 2.75) is 13.5 Å². The molecular formula is C21H16Cl2N2O2. The van der Waals surface area contributed by atoms with E-state index in [2.05, 4.69) is 0 Å². The molecule has 0 fully saturated rings. The van der Waals surface area contributed by atoms with Crippen LogP contribution in [0.3, 0.4) is 0 Å². The second-order valence-corrected chi connectivity index (χ2v) is 6.68. The summed E-state index contributed by atoms with van der Waals surface area (Å²) >= 11 is 12.1. The van der Waals surface area contributed by atoms with Gasteiger partial charge in [-0.3, -0.25) is 0 Å². The van der Waals surface area contributed by atoms with Gasteiger partial charge in [-0.1, -0.05) is 47.5 Å². The van der Waals surface area contributed by atoms with E-state index in [0.717, 1.165) is 22.0 Å². The van der Waals surface area contributed by atoms with Crippen LogP contribution in [0.1, 0.15) is 18.1 Å². The molecule has 136 valence electrons. The number of hydrogen-bond acceptors (Lipinski definition) is 3. The fourth-order valence-electron chi connectivity index (χ4n) is 2.86. The first kappa shape index (κ1) is 19.0. The van der Waals surface area contributed by atoms with E-state index in [0.29, 0.717) is 16.6 Å². The summed E-state index contributed by atoms with van der Waals surface area (Å²) in [5.41, 5.74) is 2.71. The van der Waals surface area contributed by atoms with E-state index in [1.54, 1.807) is 19.1 Å². The zero-order valence-corrected chi connectivity index (χ0v) is 16.1. The number of halogens is 2. The van der Waals surface area contributed by atoms with Crippen molar-refractivity contribution < 1.29 is 9.53 Å². The number of benzene rings is 2. The Kier molecular flexibility index (Phi) is 5.85. The number of aromatic nitrogens is 1. The Hall–Kier alpha value is -2.74. The van der Waals surface area contributed by atoms with E-state index >= 15 is 0 Å². The fraction of sp³-hybridized carbons (Fsp3) is 0.143. The quantitative estimate of drug-likeness (QED) is 0.325. The Labute approximate surface area is 167 Å².